The second kappa shape index (κ2) is 4.82. The quantitative estimate of drug-likeness (QED) is 0.679. The van der Waals surface area contributed by atoms with E-state index in [1.807, 2.05) is 13.8 Å². The van der Waals surface area contributed by atoms with Gasteiger partial charge in [0.15, 0.2) is 0 Å². The van der Waals surface area contributed by atoms with E-state index in [0.717, 1.165) is 0 Å². The molecular formula is C12H22O5. The van der Waals surface area contributed by atoms with Gasteiger partial charge < -0.3 is 24.4 Å². The van der Waals surface area contributed by atoms with Gasteiger partial charge in [0.05, 0.1) is 51.8 Å². The SMILES string of the molecule is CC1(CO)COC1COCC1OCC1(C)CO. The summed E-state index contributed by atoms with van der Waals surface area (Å²) in [6.07, 6.45) is -0.0686. The van der Waals surface area contributed by atoms with Crippen LogP contribution in [0.25, 0.3) is 0 Å². The molecule has 5 nitrogen and oxygen atoms in total. The van der Waals surface area contributed by atoms with E-state index < -0.39 is 0 Å². The smallest absolute Gasteiger partial charge is 0.0906 e. The maximum atomic E-state index is 9.21. The predicted octanol–water partition coefficient (Wildman–Crippen LogP) is -0.202. The number of hydrogen-bond donors (Lipinski definition) is 2. The van der Waals surface area contributed by atoms with Gasteiger partial charge in [-0.15, -0.1) is 0 Å². The highest BCUT2D eigenvalue weighted by Crippen LogP contribution is 2.36. The van der Waals surface area contributed by atoms with E-state index in [1.165, 1.54) is 0 Å². The van der Waals surface area contributed by atoms with Gasteiger partial charge in [-0.2, -0.15) is 0 Å². The zero-order valence-electron chi connectivity index (χ0n) is 10.5. The standard InChI is InChI=1S/C12H22O5/c1-11(5-13)7-16-9(11)3-15-4-10-12(2,6-14)8-17-10/h9-10,13-14H,3-8H2,1-2H3. The molecule has 2 aliphatic heterocycles. The van der Waals surface area contributed by atoms with Crippen molar-refractivity contribution in [1.82, 2.24) is 0 Å². The molecule has 0 saturated carbocycles. The number of hydrogen-bond acceptors (Lipinski definition) is 5. The van der Waals surface area contributed by atoms with Gasteiger partial charge in [0.25, 0.3) is 0 Å². The molecule has 2 heterocycles. The van der Waals surface area contributed by atoms with Crippen LogP contribution in [-0.2, 0) is 14.2 Å². The van der Waals surface area contributed by atoms with Crippen molar-refractivity contribution in [2.24, 2.45) is 10.8 Å². The van der Waals surface area contributed by atoms with Crippen molar-refractivity contribution in [1.29, 1.82) is 0 Å². The van der Waals surface area contributed by atoms with E-state index >= 15 is 0 Å². The second-order valence-electron chi connectivity index (χ2n) is 5.76. The first-order valence-corrected chi connectivity index (χ1v) is 6.07. The van der Waals surface area contributed by atoms with Crippen LogP contribution in [0.3, 0.4) is 0 Å². The Hall–Kier alpha value is -0.200. The fraction of sp³-hybridized carbons (Fsp3) is 1.00. The monoisotopic (exact) mass is 246 g/mol. The highest BCUT2D eigenvalue weighted by Gasteiger charge is 2.46. The molecule has 100 valence electrons. The summed E-state index contributed by atoms with van der Waals surface area (Å²) in [6, 6.07) is 0. The molecule has 0 amide bonds. The molecule has 4 atom stereocenters. The van der Waals surface area contributed by atoms with E-state index in [9.17, 15) is 10.2 Å². The maximum Gasteiger partial charge on any atom is 0.0906 e. The lowest BCUT2D eigenvalue weighted by atomic mass is 9.81. The van der Waals surface area contributed by atoms with Crippen molar-refractivity contribution in [3.8, 4) is 0 Å². The maximum absolute atomic E-state index is 9.21. The Labute approximate surface area is 102 Å². The van der Waals surface area contributed by atoms with Crippen LogP contribution in [-0.4, -0.2) is 62.1 Å². The Morgan fingerprint density at radius 1 is 1.00 bits per heavy atom. The minimum atomic E-state index is -0.166. The van der Waals surface area contributed by atoms with E-state index in [4.69, 9.17) is 14.2 Å². The minimum absolute atomic E-state index is 0.0343. The predicted molar refractivity (Wildman–Crippen MR) is 60.7 cm³/mol. The normalized spacial score (nSPS) is 45.2. The molecule has 0 aromatic carbocycles. The van der Waals surface area contributed by atoms with Crippen LogP contribution >= 0.6 is 0 Å². The van der Waals surface area contributed by atoms with Gasteiger partial charge in [0, 0.05) is 10.8 Å². The lowest BCUT2D eigenvalue weighted by molar-refractivity contribution is -0.241. The minimum Gasteiger partial charge on any atom is -0.396 e. The Morgan fingerprint density at radius 2 is 1.41 bits per heavy atom. The highest BCUT2D eigenvalue weighted by molar-refractivity contribution is 4.92. The number of aliphatic hydroxyl groups excluding tert-OH is 2. The van der Waals surface area contributed by atoms with Crippen molar-refractivity contribution < 1.29 is 24.4 Å². The topological polar surface area (TPSA) is 68.2 Å². The molecule has 2 saturated heterocycles. The first kappa shape index (κ1) is 13.2. The molecule has 2 N–H and O–H groups in total. The molecule has 2 aliphatic rings. The number of rotatable bonds is 6. The third-order valence-corrected chi connectivity index (χ3v) is 4.04. The van der Waals surface area contributed by atoms with Crippen molar-refractivity contribution >= 4 is 0 Å². The van der Waals surface area contributed by atoms with Gasteiger partial charge in [-0.05, 0) is 0 Å². The molecule has 5 heteroatoms. The zero-order chi connectivity index (χ0) is 12.5. The Kier molecular flexibility index (Phi) is 3.75. The van der Waals surface area contributed by atoms with E-state index in [1.54, 1.807) is 0 Å². The van der Waals surface area contributed by atoms with Crippen molar-refractivity contribution in [3.05, 3.63) is 0 Å². The fourth-order valence-corrected chi connectivity index (χ4v) is 2.05. The van der Waals surface area contributed by atoms with E-state index in [2.05, 4.69) is 0 Å². The fourth-order valence-electron chi connectivity index (χ4n) is 2.05. The first-order valence-electron chi connectivity index (χ1n) is 6.07. The summed E-state index contributed by atoms with van der Waals surface area (Å²) in [5, 5.41) is 18.4. The molecule has 0 radical (unpaired) electrons. The largest absolute Gasteiger partial charge is 0.396 e. The summed E-state index contributed by atoms with van der Waals surface area (Å²) < 4.78 is 16.3. The van der Waals surface area contributed by atoms with Gasteiger partial charge >= 0.3 is 0 Å². The summed E-state index contributed by atoms with van der Waals surface area (Å²) in [5.74, 6) is 0. The van der Waals surface area contributed by atoms with Crippen LogP contribution in [0.4, 0.5) is 0 Å². The molecule has 0 spiro atoms. The Balaban J connectivity index is 1.67. The summed E-state index contributed by atoms with van der Waals surface area (Å²) in [6.45, 7) is 6.34. The van der Waals surface area contributed by atoms with Crippen LogP contribution in [0.1, 0.15) is 13.8 Å². The van der Waals surface area contributed by atoms with E-state index in [-0.39, 0.29) is 36.3 Å². The lowest BCUT2D eigenvalue weighted by Gasteiger charge is -2.47. The first-order chi connectivity index (χ1) is 8.04. The van der Waals surface area contributed by atoms with Crippen LogP contribution in [0, 0.1) is 10.8 Å². The highest BCUT2D eigenvalue weighted by atomic mass is 16.6. The van der Waals surface area contributed by atoms with Crippen molar-refractivity contribution in [2.45, 2.75) is 26.1 Å². The second-order valence-corrected chi connectivity index (χ2v) is 5.76. The summed E-state index contributed by atoms with van der Waals surface area (Å²) in [4.78, 5) is 0. The zero-order valence-corrected chi connectivity index (χ0v) is 10.5. The van der Waals surface area contributed by atoms with Gasteiger partial charge in [-0.3, -0.25) is 0 Å². The van der Waals surface area contributed by atoms with Crippen molar-refractivity contribution in [2.75, 3.05) is 39.6 Å². The van der Waals surface area contributed by atoms with Crippen LogP contribution in [0.2, 0.25) is 0 Å². The lowest BCUT2D eigenvalue weighted by Crippen LogP contribution is -2.57. The summed E-state index contributed by atoms with van der Waals surface area (Å²) >= 11 is 0. The summed E-state index contributed by atoms with van der Waals surface area (Å²) in [5.41, 5.74) is -0.332. The number of ether oxygens (including phenoxy) is 3. The molecule has 2 rings (SSSR count). The molecule has 4 unspecified atom stereocenters. The molecular weight excluding hydrogens is 224 g/mol. The molecule has 0 bridgehead atoms. The third-order valence-electron chi connectivity index (χ3n) is 4.04. The molecule has 17 heavy (non-hydrogen) atoms. The van der Waals surface area contributed by atoms with Gasteiger partial charge in [0.1, 0.15) is 0 Å². The van der Waals surface area contributed by atoms with Crippen LogP contribution < -0.4 is 0 Å². The molecule has 0 aromatic heterocycles. The van der Waals surface area contributed by atoms with Crippen LogP contribution in [0.5, 0.6) is 0 Å². The average Bonchev–Trinajstić information content (AvgIpc) is 2.33. The Morgan fingerprint density at radius 3 is 1.65 bits per heavy atom. The summed E-state index contributed by atoms with van der Waals surface area (Å²) in [7, 11) is 0. The van der Waals surface area contributed by atoms with Gasteiger partial charge in [0.2, 0.25) is 0 Å². The van der Waals surface area contributed by atoms with Crippen LogP contribution in [0.15, 0.2) is 0 Å². The van der Waals surface area contributed by atoms with Gasteiger partial charge in [-0.1, -0.05) is 13.8 Å². The molecule has 0 aliphatic carbocycles. The average molecular weight is 246 g/mol. The molecule has 2 fully saturated rings. The molecule has 0 aromatic rings. The third kappa shape index (κ3) is 2.35. The van der Waals surface area contributed by atoms with Crippen molar-refractivity contribution in [3.63, 3.8) is 0 Å². The number of aliphatic hydroxyl groups is 2. The van der Waals surface area contributed by atoms with E-state index in [0.29, 0.717) is 26.4 Å². The Bertz CT molecular complexity index is 238. The van der Waals surface area contributed by atoms with Gasteiger partial charge in [-0.25, -0.2) is 0 Å².